The molecular weight excluding hydrogens is 437 g/mol. The van der Waals surface area contributed by atoms with Crippen molar-refractivity contribution in [2.75, 3.05) is 18.4 Å². The third kappa shape index (κ3) is 5.23. The van der Waals surface area contributed by atoms with Gasteiger partial charge < -0.3 is 15.7 Å². The van der Waals surface area contributed by atoms with Gasteiger partial charge in [0.15, 0.2) is 0 Å². The summed E-state index contributed by atoms with van der Waals surface area (Å²) in [6.07, 6.45) is 9.57. The van der Waals surface area contributed by atoms with E-state index in [2.05, 4.69) is 15.6 Å². The molecule has 5 rings (SSSR count). The zero-order chi connectivity index (χ0) is 22.7. The first-order chi connectivity index (χ1) is 16.1. The lowest BCUT2D eigenvalue weighted by Crippen LogP contribution is -2.43. The Labute approximate surface area is 197 Å². The van der Waals surface area contributed by atoms with Crippen molar-refractivity contribution in [1.29, 1.82) is 0 Å². The maximum Gasteiger partial charge on any atom is 0.223 e. The lowest BCUT2D eigenvalue weighted by atomic mass is 9.89. The molecule has 0 amide bonds. The summed E-state index contributed by atoms with van der Waals surface area (Å²) in [4.78, 5) is 14.8. The van der Waals surface area contributed by atoms with Gasteiger partial charge in [-0.1, -0.05) is 31.4 Å². The molecule has 0 unspecified atom stereocenters. The molecule has 1 saturated heterocycles. The highest BCUT2D eigenvalue weighted by Gasteiger charge is 2.31. The first kappa shape index (κ1) is 22.4. The second-order valence-electron chi connectivity index (χ2n) is 9.16. The number of hydrogen-bond donors (Lipinski definition) is 3. The van der Waals surface area contributed by atoms with Gasteiger partial charge in [-0.05, 0) is 57.0 Å². The number of anilines is 1. The Morgan fingerprint density at radius 2 is 1.88 bits per heavy atom. The molecule has 2 aromatic heterocycles. The fraction of sp³-hybridized carbons (Fsp3) is 0.480. The van der Waals surface area contributed by atoms with Crippen LogP contribution in [0.25, 0.3) is 21.8 Å². The molecule has 0 atom stereocenters. The summed E-state index contributed by atoms with van der Waals surface area (Å²) in [7, 11) is 0. The largest absolute Gasteiger partial charge is 0.389 e. The van der Waals surface area contributed by atoms with E-state index >= 15 is 0 Å². The molecule has 0 spiro atoms. The number of nitrogens with one attached hydrogen (secondary N) is 2. The lowest BCUT2D eigenvalue weighted by Gasteiger charge is -2.31. The van der Waals surface area contributed by atoms with E-state index in [1.54, 1.807) is 18.3 Å². The average Bonchev–Trinajstić information content (AvgIpc) is 3.23. The SMILES string of the molecule is OC1(Cc2nc(-c3ccccc3F)c(-c3ccnc(NC4CCCCC4)n3)s2)CCNCC1. The molecule has 1 aliphatic heterocycles. The van der Waals surface area contributed by atoms with Crippen LogP contribution in [0.5, 0.6) is 0 Å². The molecular formula is C25H30FN5OS. The third-order valence-electron chi connectivity index (χ3n) is 6.64. The summed E-state index contributed by atoms with van der Waals surface area (Å²) in [5.74, 6) is 0.289. The second kappa shape index (κ2) is 9.83. The fourth-order valence-corrected chi connectivity index (χ4v) is 5.97. The number of hydrogen-bond acceptors (Lipinski definition) is 7. The van der Waals surface area contributed by atoms with E-state index < -0.39 is 5.60 Å². The van der Waals surface area contributed by atoms with E-state index in [0.29, 0.717) is 42.5 Å². The third-order valence-corrected chi connectivity index (χ3v) is 7.72. The number of nitrogens with zero attached hydrogens (tertiary/aromatic N) is 3. The van der Waals surface area contributed by atoms with Gasteiger partial charge in [0, 0.05) is 24.2 Å². The summed E-state index contributed by atoms with van der Waals surface area (Å²) >= 11 is 1.49. The van der Waals surface area contributed by atoms with Crippen LogP contribution in [-0.4, -0.2) is 44.8 Å². The van der Waals surface area contributed by atoms with Gasteiger partial charge in [0.1, 0.15) is 5.82 Å². The minimum atomic E-state index is -0.785. The van der Waals surface area contributed by atoms with Crippen LogP contribution in [0.3, 0.4) is 0 Å². The Morgan fingerprint density at radius 1 is 1.09 bits per heavy atom. The Kier molecular flexibility index (Phi) is 6.66. The van der Waals surface area contributed by atoms with Gasteiger partial charge >= 0.3 is 0 Å². The topological polar surface area (TPSA) is 83.0 Å². The maximum atomic E-state index is 14.8. The Morgan fingerprint density at radius 3 is 2.67 bits per heavy atom. The van der Waals surface area contributed by atoms with Crippen molar-refractivity contribution in [3.63, 3.8) is 0 Å². The van der Waals surface area contributed by atoms with Crippen LogP contribution in [0.4, 0.5) is 10.3 Å². The van der Waals surface area contributed by atoms with Crippen LogP contribution in [0, 0.1) is 5.82 Å². The van der Waals surface area contributed by atoms with Crippen LogP contribution < -0.4 is 10.6 Å². The predicted molar refractivity (Wildman–Crippen MR) is 130 cm³/mol. The van der Waals surface area contributed by atoms with Gasteiger partial charge in [-0.25, -0.2) is 19.3 Å². The van der Waals surface area contributed by atoms with Crippen molar-refractivity contribution in [1.82, 2.24) is 20.3 Å². The normalized spacial score (nSPS) is 18.8. The van der Waals surface area contributed by atoms with E-state index in [1.807, 2.05) is 12.1 Å². The van der Waals surface area contributed by atoms with Crippen molar-refractivity contribution in [3.05, 3.63) is 47.4 Å². The summed E-state index contributed by atoms with van der Waals surface area (Å²) in [5.41, 5.74) is 0.968. The molecule has 3 aromatic rings. The highest BCUT2D eigenvalue weighted by Crippen LogP contribution is 2.39. The van der Waals surface area contributed by atoms with Crippen LogP contribution in [0.1, 0.15) is 50.0 Å². The average molecular weight is 468 g/mol. The molecule has 0 bridgehead atoms. The van der Waals surface area contributed by atoms with Gasteiger partial charge in [0.25, 0.3) is 0 Å². The summed E-state index contributed by atoms with van der Waals surface area (Å²) in [5, 5.41) is 18.6. The minimum Gasteiger partial charge on any atom is -0.389 e. The number of halogens is 1. The second-order valence-corrected chi connectivity index (χ2v) is 10.2. The molecule has 174 valence electrons. The molecule has 2 aliphatic rings. The number of rotatable bonds is 6. The van der Waals surface area contributed by atoms with E-state index in [4.69, 9.17) is 9.97 Å². The Bertz CT molecular complexity index is 1090. The number of piperidine rings is 1. The van der Waals surface area contributed by atoms with Crippen molar-refractivity contribution in [2.24, 2.45) is 0 Å². The van der Waals surface area contributed by atoms with Crippen LogP contribution >= 0.6 is 11.3 Å². The smallest absolute Gasteiger partial charge is 0.223 e. The zero-order valence-electron chi connectivity index (χ0n) is 18.7. The first-order valence-electron chi connectivity index (χ1n) is 11.9. The molecule has 3 N–H and O–H groups in total. The number of thiazole rings is 1. The molecule has 6 nitrogen and oxygen atoms in total. The maximum absolute atomic E-state index is 14.8. The molecule has 2 fully saturated rings. The van der Waals surface area contributed by atoms with Crippen LogP contribution in [0.15, 0.2) is 36.5 Å². The van der Waals surface area contributed by atoms with Gasteiger partial charge in [-0.2, -0.15) is 0 Å². The predicted octanol–water partition coefficient (Wildman–Crippen LogP) is 4.81. The highest BCUT2D eigenvalue weighted by atomic mass is 32.1. The van der Waals surface area contributed by atoms with Gasteiger partial charge in [-0.3, -0.25) is 0 Å². The Balaban J connectivity index is 1.49. The summed E-state index contributed by atoms with van der Waals surface area (Å²) in [6.45, 7) is 1.58. The van der Waals surface area contributed by atoms with Crippen LogP contribution in [-0.2, 0) is 6.42 Å². The molecule has 3 heterocycles. The first-order valence-corrected chi connectivity index (χ1v) is 12.7. The highest BCUT2D eigenvalue weighted by molar-refractivity contribution is 7.15. The standard InChI is InChI=1S/C25H30FN5OS/c26-19-9-5-4-8-18(19)22-23(33-21(31-22)16-25(32)11-14-27-15-12-25)20-10-13-28-24(30-20)29-17-6-2-1-3-7-17/h4-5,8-10,13,17,27,32H,1-3,6-7,11-12,14-16H2,(H,28,29,30). The van der Waals surface area contributed by atoms with E-state index in [9.17, 15) is 9.50 Å². The molecule has 8 heteroatoms. The number of aromatic nitrogens is 3. The number of benzene rings is 1. The van der Waals surface area contributed by atoms with Gasteiger partial charge in [0.05, 0.1) is 26.9 Å². The molecule has 1 aliphatic carbocycles. The fourth-order valence-electron chi connectivity index (χ4n) is 4.78. The quantitative estimate of drug-likeness (QED) is 0.483. The van der Waals surface area contributed by atoms with Crippen molar-refractivity contribution >= 4 is 17.3 Å². The molecule has 1 aromatic carbocycles. The Hall–Kier alpha value is -2.42. The van der Waals surface area contributed by atoms with E-state index in [1.165, 1.54) is 36.7 Å². The lowest BCUT2D eigenvalue weighted by molar-refractivity contribution is 0.0108. The molecule has 0 radical (unpaired) electrons. The van der Waals surface area contributed by atoms with E-state index in [-0.39, 0.29) is 5.82 Å². The van der Waals surface area contributed by atoms with Crippen molar-refractivity contribution in [3.8, 4) is 21.8 Å². The number of aliphatic hydroxyl groups is 1. The summed E-state index contributed by atoms with van der Waals surface area (Å²) < 4.78 is 14.8. The zero-order valence-corrected chi connectivity index (χ0v) is 19.5. The minimum absolute atomic E-state index is 0.314. The molecule has 33 heavy (non-hydrogen) atoms. The van der Waals surface area contributed by atoms with Gasteiger partial charge in [0.2, 0.25) is 5.95 Å². The van der Waals surface area contributed by atoms with Crippen molar-refractivity contribution < 1.29 is 9.50 Å². The van der Waals surface area contributed by atoms with E-state index in [0.717, 1.165) is 41.5 Å². The van der Waals surface area contributed by atoms with Crippen LogP contribution in [0.2, 0.25) is 0 Å². The van der Waals surface area contributed by atoms with Crippen molar-refractivity contribution in [2.45, 2.75) is 63.0 Å². The summed E-state index contributed by atoms with van der Waals surface area (Å²) in [6, 6.07) is 8.95. The molecule has 1 saturated carbocycles. The van der Waals surface area contributed by atoms with Gasteiger partial charge in [-0.15, -0.1) is 11.3 Å². The monoisotopic (exact) mass is 467 g/mol.